The number of fused-ring (bicyclic) bond motifs is 1. The van der Waals surface area contributed by atoms with E-state index < -0.39 is 5.82 Å². The predicted octanol–water partition coefficient (Wildman–Crippen LogP) is 7.13. The fourth-order valence-corrected chi connectivity index (χ4v) is 4.47. The second-order valence-corrected chi connectivity index (χ2v) is 8.91. The number of carbonyl (C=O) groups excluding carboxylic acids is 1. The smallest absolute Gasteiger partial charge is 0.214 e. The van der Waals surface area contributed by atoms with Crippen LogP contribution in [0.1, 0.15) is 35.5 Å². The van der Waals surface area contributed by atoms with Gasteiger partial charge >= 0.3 is 0 Å². The van der Waals surface area contributed by atoms with Gasteiger partial charge in [-0.15, -0.1) is 0 Å². The number of anilines is 2. The standard InChI is InChI=1S/C27H24FN5O3S.C2H6/c1-15-10-17(36-24-7-5-4-6-19(24)28)8-9-23(15)33-27(29)18(14-30-33)26(34)22-11-16-12-25(35-2)21(32-37-3)13-20(16)31-22;1-2/h4-14,31-32H,29H2,1-3H3;1-2H3. The van der Waals surface area contributed by atoms with Gasteiger partial charge in [0.05, 0.1) is 35.9 Å². The minimum absolute atomic E-state index is 0.133. The van der Waals surface area contributed by atoms with Gasteiger partial charge in [-0.1, -0.05) is 37.9 Å². The van der Waals surface area contributed by atoms with E-state index in [1.807, 2.05) is 39.2 Å². The van der Waals surface area contributed by atoms with E-state index >= 15 is 0 Å². The molecular formula is C29H30FN5O3S. The number of carbonyl (C=O) groups is 1. The monoisotopic (exact) mass is 547 g/mol. The van der Waals surface area contributed by atoms with Crippen LogP contribution in [0.2, 0.25) is 0 Å². The number of halogens is 1. The highest BCUT2D eigenvalue weighted by molar-refractivity contribution is 7.99. The van der Waals surface area contributed by atoms with Gasteiger partial charge in [0, 0.05) is 17.2 Å². The largest absolute Gasteiger partial charge is 0.495 e. The molecule has 0 aliphatic heterocycles. The van der Waals surface area contributed by atoms with E-state index in [0.29, 0.717) is 22.9 Å². The third-order valence-electron chi connectivity index (χ3n) is 5.91. The van der Waals surface area contributed by atoms with Crippen molar-refractivity contribution in [1.82, 2.24) is 14.8 Å². The zero-order chi connectivity index (χ0) is 28.1. The number of aromatic nitrogens is 3. The number of aryl methyl sites for hydroxylation is 1. The summed E-state index contributed by atoms with van der Waals surface area (Å²) in [5.74, 6) is 0.749. The number of rotatable bonds is 8. The normalized spacial score (nSPS) is 10.6. The number of ketones is 1. The topological polar surface area (TPSA) is 107 Å². The second kappa shape index (κ2) is 12.0. The third kappa shape index (κ3) is 5.56. The number of H-pyrrole nitrogens is 1. The van der Waals surface area contributed by atoms with Crippen LogP contribution in [0, 0.1) is 12.7 Å². The van der Waals surface area contributed by atoms with E-state index in [-0.39, 0.29) is 22.9 Å². The van der Waals surface area contributed by atoms with Gasteiger partial charge in [0.25, 0.3) is 0 Å². The molecule has 0 bridgehead atoms. The molecule has 2 aromatic heterocycles. The van der Waals surface area contributed by atoms with Gasteiger partial charge in [0.1, 0.15) is 17.3 Å². The SMILES string of the molecule is CC.COc1cc2cc(C(=O)c3cnn(-c4ccc(Oc5ccccc5F)cc4C)c3N)[nH]c2cc1NSC. The molecule has 0 aliphatic carbocycles. The molecule has 5 aromatic rings. The Kier molecular flexibility index (Phi) is 8.46. The number of para-hydroxylation sites is 1. The van der Waals surface area contributed by atoms with Crippen molar-refractivity contribution in [3.8, 4) is 22.9 Å². The molecule has 202 valence electrons. The van der Waals surface area contributed by atoms with Crippen molar-refractivity contribution in [2.45, 2.75) is 20.8 Å². The van der Waals surface area contributed by atoms with Crippen molar-refractivity contribution >= 4 is 40.1 Å². The fourth-order valence-electron chi connectivity index (χ4n) is 4.09. The van der Waals surface area contributed by atoms with Crippen molar-refractivity contribution < 1.29 is 18.7 Å². The van der Waals surface area contributed by atoms with Crippen molar-refractivity contribution in [2.75, 3.05) is 23.8 Å². The molecule has 0 unspecified atom stereocenters. The lowest BCUT2D eigenvalue weighted by Crippen LogP contribution is -2.08. The predicted molar refractivity (Wildman–Crippen MR) is 156 cm³/mol. The highest BCUT2D eigenvalue weighted by atomic mass is 32.2. The molecular weight excluding hydrogens is 517 g/mol. The maximum absolute atomic E-state index is 14.0. The van der Waals surface area contributed by atoms with Gasteiger partial charge in [0.15, 0.2) is 11.6 Å². The molecule has 0 radical (unpaired) electrons. The zero-order valence-electron chi connectivity index (χ0n) is 22.3. The summed E-state index contributed by atoms with van der Waals surface area (Å²) in [7, 11) is 1.60. The first-order chi connectivity index (χ1) is 18.9. The number of aromatic amines is 1. The summed E-state index contributed by atoms with van der Waals surface area (Å²) in [6, 6.07) is 16.9. The molecule has 2 heterocycles. The summed E-state index contributed by atoms with van der Waals surface area (Å²) in [6.07, 6.45) is 3.37. The first-order valence-electron chi connectivity index (χ1n) is 12.3. The Balaban J connectivity index is 0.00000172. The van der Waals surface area contributed by atoms with E-state index in [1.165, 1.54) is 28.9 Å². The molecule has 10 heteroatoms. The van der Waals surface area contributed by atoms with E-state index in [2.05, 4.69) is 14.8 Å². The van der Waals surface area contributed by atoms with Crippen molar-refractivity contribution in [1.29, 1.82) is 0 Å². The highest BCUT2D eigenvalue weighted by Crippen LogP contribution is 2.33. The average molecular weight is 548 g/mol. The number of hydrogen-bond acceptors (Lipinski definition) is 7. The molecule has 4 N–H and O–H groups in total. The lowest BCUT2D eigenvalue weighted by molar-refractivity contribution is 0.103. The molecule has 8 nitrogen and oxygen atoms in total. The van der Waals surface area contributed by atoms with Gasteiger partial charge in [-0.3, -0.25) is 4.79 Å². The Morgan fingerprint density at radius 3 is 2.56 bits per heavy atom. The van der Waals surface area contributed by atoms with Crippen molar-refractivity contribution in [3.05, 3.63) is 89.5 Å². The van der Waals surface area contributed by atoms with Crippen LogP contribution in [-0.4, -0.2) is 33.9 Å². The van der Waals surface area contributed by atoms with E-state index in [9.17, 15) is 9.18 Å². The first kappa shape index (κ1) is 27.6. The molecule has 0 saturated carbocycles. The number of nitrogens with zero attached hydrogens (tertiary/aromatic N) is 2. The Morgan fingerprint density at radius 2 is 1.87 bits per heavy atom. The molecule has 0 saturated heterocycles. The molecule has 39 heavy (non-hydrogen) atoms. The number of nitrogens with two attached hydrogens (primary N) is 1. The molecule has 3 aromatic carbocycles. The molecule has 5 rings (SSSR count). The zero-order valence-corrected chi connectivity index (χ0v) is 23.2. The number of ether oxygens (including phenoxy) is 2. The van der Waals surface area contributed by atoms with Crippen LogP contribution in [0.25, 0.3) is 16.6 Å². The lowest BCUT2D eigenvalue weighted by atomic mass is 10.1. The summed E-state index contributed by atoms with van der Waals surface area (Å²) in [5, 5.41) is 5.20. The van der Waals surface area contributed by atoms with Crippen LogP contribution in [0.15, 0.2) is 66.9 Å². The second-order valence-electron chi connectivity index (χ2n) is 8.29. The van der Waals surface area contributed by atoms with Gasteiger partial charge < -0.3 is 24.9 Å². The minimum Gasteiger partial charge on any atom is -0.495 e. The van der Waals surface area contributed by atoms with Crippen LogP contribution in [-0.2, 0) is 0 Å². The summed E-state index contributed by atoms with van der Waals surface area (Å²) in [4.78, 5) is 16.5. The highest BCUT2D eigenvalue weighted by Gasteiger charge is 2.21. The first-order valence-corrected chi connectivity index (χ1v) is 13.5. The number of methoxy groups -OCH3 is 1. The summed E-state index contributed by atoms with van der Waals surface area (Å²) >= 11 is 1.45. The van der Waals surface area contributed by atoms with E-state index in [1.54, 1.807) is 49.6 Å². The van der Waals surface area contributed by atoms with Crippen LogP contribution in [0.5, 0.6) is 17.2 Å². The molecule has 0 atom stereocenters. The number of benzene rings is 3. The summed E-state index contributed by atoms with van der Waals surface area (Å²) < 4.78 is 29.8. The maximum Gasteiger partial charge on any atom is 0.214 e. The Hall–Kier alpha value is -4.44. The van der Waals surface area contributed by atoms with E-state index in [0.717, 1.165) is 22.2 Å². The maximum atomic E-state index is 14.0. The Labute approximate surface area is 230 Å². The van der Waals surface area contributed by atoms with Crippen LogP contribution >= 0.6 is 11.9 Å². The third-order valence-corrected chi connectivity index (χ3v) is 6.33. The van der Waals surface area contributed by atoms with Crippen molar-refractivity contribution in [3.63, 3.8) is 0 Å². The fraction of sp³-hybridized carbons (Fsp3) is 0.172. The van der Waals surface area contributed by atoms with Gasteiger partial charge in [-0.25, -0.2) is 9.07 Å². The van der Waals surface area contributed by atoms with Gasteiger partial charge in [0.2, 0.25) is 5.78 Å². The molecule has 0 aliphatic rings. The van der Waals surface area contributed by atoms with Crippen LogP contribution in [0.3, 0.4) is 0 Å². The minimum atomic E-state index is -0.448. The van der Waals surface area contributed by atoms with Crippen LogP contribution in [0.4, 0.5) is 15.9 Å². The molecule has 0 amide bonds. The number of nitrogen functional groups attached to an aromatic ring is 1. The average Bonchev–Trinajstić information content (AvgIpc) is 3.53. The molecule has 0 fully saturated rings. The summed E-state index contributed by atoms with van der Waals surface area (Å²) in [6.45, 7) is 5.86. The van der Waals surface area contributed by atoms with Gasteiger partial charge in [-0.05, 0) is 61.0 Å². The number of hydrogen-bond donors (Lipinski definition) is 3. The summed E-state index contributed by atoms with van der Waals surface area (Å²) in [5.41, 5.74) is 10.1. The van der Waals surface area contributed by atoms with E-state index in [4.69, 9.17) is 15.2 Å². The number of nitrogens with one attached hydrogen (secondary N) is 2. The van der Waals surface area contributed by atoms with Crippen LogP contribution < -0.4 is 19.9 Å². The molecule has 0 spiro atoms. The quantitative estimate of drug-likeness (QED) is 0.140. The Morgan fingerprint density at radius 1 is 1.10 bits per heavy atom. The van der Waals surface area contributed by atoms with Crippen molar-refractivity contribution in [2.24, 2.45) is 0 Å². The van der Waals surface area contributed by atoms with Gasteiger partial charge in [-0.2, -0.15) is 5.10 Å². The Bertz CT molecular complexity index is 1630. The lowest BCUT2D eigenvalue weighted by Gasteiger charge is -2.12.